The number of halogens is 1. The Hall–Kier alpha value is -3.00. The van der Waals surface area contributed by atoms with Crippen molar-refractivity contribution in [1.29, 1.82) is 0 Å². The molecule has 11 nitrogen and oxygen atoms in total. The van der Waals surface area contributed by atoms with E-state index in [1.807, 2.05) is 18.2 Å². The van der Waals surface area contributed by atoms with Gasteiger partial charge in [-0.15, -0.1) is 4.36 Å². The molecule has 5 aliphatic rings. The molecule has 53 heavy (non-hydrogen) atoms. The van der Waals surface area contributed by atoms with E-state index < -0.39 is 21.7 Å². The zero-order chi connectivity index (χ0) is 37.0. The van der Waals surface area contributed by atoms with E-state index in [9.17, 15) is 13.8 Å². The van der Waals surface area contributed by atoms with Gasteiger partial charge in [0.1, 0.15) is 22.3 Å². The predicted molar refractivity (Wildman–Crippen MR) is 204 cm³/mol. The summed E-state index contributed by atoms with van der Waals surface area (Å²) in [6, 6.07) is 11.5. The van der Waals surface area contributed by atoms with Gasteiger partial charge in [0.25, 0.3) is 11.8 Å². The fourth-order valence-corrected chi connectivity index (χ4v) is 10.9. The first-order valence-corrected chi connectivity index (χ1v) is 21.0. The van der Waals surface area contributed by atoms with Crippen molar-refractivity contribution >= 4 is 39.0 Å². The summed E-state index contributed by atoms with van der Waals surface area (Å²) in [4.78, 5) is 29.7. The van der Waals surface area contributed by atoms with E-state index in [1.54, 1.807) is 20.3 Å². The van der Waals surface area contributed by atoms with Crippen molar-refractivity contribution in [3.63, 3.8) is 0 Å². The van der Waals surface area contributed by atoms with Crippen LogP contribution in [0.15, 0.2) is 52.9 Å². The number of methoxy groups -OCH3 is 2. The highest BCUT2D eigenvalue weighted by molar-refractivity contribution is 7.92. The van der Waals surface area contributed by atoms with Crippen LogP contribution in [0.5, 0.6) is 5.75 Å². The molecular weight excluding hydrogens is 718 g/mol. The van der Waals surface area contributed by atoms with E-state index in [2.05, 4.69) is 38.3 Å². The molecule has 3 heterocycles. The van der Waals surface area contributed by atoms with Crippen molar-refractivity contribution in [3.8, 4) is 5.75 Å². The van der Waals surface area contributed by atoms with Crippen LogP contribution < -0.4 is 14.4 Å². The number of allylic oxidation sites excluding steroid dienone is 1. The molecule has 0 aromatic heterocycles. The SMILES string of the molecule is COC[C@@H]1CC=C[C@@H](OC)[C@@H]2CC[C@H]2CN2C[C@@]3(CCCc4cc(Cl)ccc43)COc3ccc(cc32)C(=O)N=S(=O)(NC(=O)COC2CCOCC2)C1. The molecule has 1 spiro atoms. The Morgan fingerprint density at radius 2 is 1.98 bits per heavy atom. The summed E-state index contributed by atoms with van der Waals surface area (Å²) in [5, 5.41) is 0.736. The summed E-state index contributed by atoms with van der Waals surface area (Å²) in [6.07, 6.45) is 10.9. The first-order chi connectivity index (χ1) is 25.7. The topological polar surface area (TPSA) is 125 Å². The highest BCUT2D eigenvalue weighted by Crippen LogP contribution is 2.47. The summed E-state index contributed by atoms with van der Waals surface area (Å²) in [5.41, 5.74) is 3.34. The van der Waals surface area contributed by atoms with Gasteiger partial charge in [0.2, 0.25) is 0 Å². The number of rotatable bonds is 7. The minimum Gasteiger partial charge on any atom is -0.490 e. The average Bonchev–Trinajstić information content (AvgIpc) is 3.28. The van der Waals surface area contributed by atoms with E-state index in [0.29, 0.717) is 63.2 Å². The van der Waals surface area contributed by atoms with E-state index in [0.717, 1.165) is 49.4 Å². The number of carbonyl (C=O) groups excluding carboxylic acids is 2. The smallest absolute Gasteiger partial charge is 0.286 e. The van der Waals surface area contributed by atoms with Crippen molar-refractivity contribution in [2.75, 3.05) is 71.0 Å². The number of fused-ring (bicyclic) bond motifs is 4. The van der Waals surface area contributed by atoms with E-state index in [1.165, 1.54) is 11.1 Å². The molecule has 2 aromatic carbocycles. The predicted octanol–water partition coefficient (Wildman–Crippen LogP) is 5.91. The summed E-state index contributed by atoms with van der Waals surface area (Å²) >= 11 is 6.46. The number of carbonyl (C=O) groups is 2. The maximum atomic E-state index is 14.6. The molecule has 2 bridgehead atoms. The number of hydrogen-bond acceptors (Lipinski definition) is 9. The molecule has 2 fully saturated rings. The third kappa shape index (κ3) is 8.79. The Balaban J connectivity index is 1.26. The lowest BCUT2D eigenvalue weighted by atomic mass is 9.68. The Kier molecular flexibility index (Phi) is 12.1. The quantitative estimate of drug-likeness (QED) is 0.343. The highest BCUT2D eigenvalue weighted by atomic mass is 35.5. The Labute approximate surface area is 318 Å². The van der Waals surface area contributed by atoms with Crippen LogP contribution in [0.1, 0.15) is 66.4 Å². The van der Waals surface area contributed by atoms with Gasteiger partial charge in [-0.3, -0.25) is 14.3 Å². The van der Waals surface area contributed by atoms with Gasteiger partial charge in [-0.1, -0.05) is 29.8 Å². The van der Waals surface area contributed by atoms with Crippen molar-refractivity contribution in [2.24, 2.45) is 22.1 Å². The lowest BCUT2D eigenvalue weighted by Gasteiger charge is -2.46. The van der Waals surface area contributed by atoms with E-state index in [-0.39, 0.29) is 48.1 Å². The maximum Gasteiger partial charge on any atom is 0.286 e. The van der Waals surface area contributed by atoms with Gasteiger partial charge in [0.05, 0.1) is 36.9 Å². The van der Waals surface area contributed by atoms with Gasteiger partial charge in [-0.2, -0.15) is 0 Å². The molecule has 6 atom stereocenters. The number of hydrogen-bond donors (Lipinski definition) is 1. The number of nitrogens with one attached hydrogen (secondary N) is 1. The van der Waals surface area contributed by atoms with Crippen molar-refractivity contribution in [1.82, 2.24) is 4.72 Å². The van der Waals surface area contributed by atoms with Crippen LogP contribution >= 0.6 is 11.6 Å². The number of aryl methyl sites for hydroxylation is 1. The van der Waals surface area contributed by atoms with Crippen molar-refractivity contribution < 1.29 is 37.5 Å². The molecule has 3 aliphatic heterocycles. The van der Waals surface area contributed by atoms with Gasteiger partial charge in [0, 0.05) is 56.5 Å². The molecule has 1 N–H and O–H groups in total. The number of amides is 2. The minimum atomic E-state index is -3.60. The Morgan fingerprint density at radius 3 is 2.75 bits per heavy atom. The van der Waals surface area contributed by atoms with Crippen LogP contribution in [0.4, 0.5) is 5.69 Å². The summed E-state index contributed by atoms with van der Waals surface area (Å²) in [5.74, 6) is -0.250. The van der Waals surface area contributed by atoms with Crippen LogP contribution in [0.25, 0.3) is 0 Å². The second-order valence-electron chi connectivity index (χ2n) is 15.3. The van der Waals surface area contributed by atoms with Crippen LogP contribution in [0.3, 0.4) is 0 Å². The molecule has 13 heteroatoms. The largest absolute Gasteiger partial charge is 0.490 e. The molecule has 2 aliphatic carbocycles. The van der Waals surface area contributed by atoms with Gasteiger partial charge < -0.3 is 28.6 Å². The van der Waals surface area contributed by atoms with Crippen LogP contribution in [-0.4, -0.2) is 94.3 Å². The first-order valence-electron chi connectivity index (χ1n) is 19.0. The van der Waals surface area contributed by atoms with Crippen molar-refractivity contribution in [3.05, 3.63) is 70.3 Å². The van der Waals surface area contributed by atoms with Crippen LogP contribution in [0, 0.1) is 17.8 Å². The molecule has 7 rings (SSSR count). The lowest BCUT2D eigenvalue weighted by Crippen LogP contribution is -2.49. The van der Waals surface area contributed by atoms with Crippen LogP contribution in [-0.2, 0) is 45.5 Å². The molecule has 2 amide bonds. The number of nitrogens with zero attached hydrogens (tertiary/aromatic N) is 2. The highest BCUT2D eigenvalue weighted by Gasteiger charge is 2.44. The summed E-state index contributed by atoms with van der Waals surface area (Å²) in [6.45, 7) is 3.08. The molecule has 1 unspecified atom stereocenters. The summed E-state index contributed by atoms with van der Waals surface area (Å²) in [7, 11) is -0.260. The van der Waals surface area contributed by atoms with Gasteiger partial charge in [-0.05, 0) is 111 Å². The molecule has 288 valence electrons. The third-order valence-electron chi connectivity index (χ3n) is 11.7. The lowest BCUT2D eigenvalue weighted by molar-refractivity contribution is -0.128. The van der Waals surface area contributed by atoms with Crippen LogP contribution in [0.2, 0.25) is 5.02 Å². The Morgan fingerprint density at radius 1 is 1.13 bits per heavy atom. The number of anilines is 1. The molecule has 0 radical (unpaired) electrons. The standard InChI is InChI=1S/C40H52ClN3O8S/c1-48-22-27-5-3-7-36(49-2)33-11-8-30(33)21-44-25-40(16-4-6-28-19-31(41)10-12-34(28)40)26-52-37-13-9-29(20-35(37)44)39(46)43-53(47,24-27)42-38(45)23-51-32-14-17-50-18-15-32/h3,7,9-10,12-13,19-20,27,30,32-33,36H,4-6,8,11,14-18,21-26H2,1-2H3,(H,42,43,45,46,47)/t27-,30-,33+,36+,40-,53?/m0/s1. The van der Waals surface area contributed by atoms with Crippen molar-refractivity contribution in [2.45, 2.75) is 69.0 Å². The zero-order valence-electron chi connectivity index (χ0n) is 30.8. The third-order valence-corrected chi connectivity index (χ3v) is 13.9. The summed E-state index contributed by atoms with van der Waals surface area (Å²) < 4.78 is 51.0. The number of ether oxygens (including phenoxy) is 5. The Bertz CT molecular complexity index is 1810. The number of benzene rings is 2. The second kappa shape index (κ2) is 16.8. The fourth-order valence-electron chi connectivity index (χ4n) is 8.86. The normalized spacial score (nSPS) is 30.6. The van der Waals surface area contributed by atoms with Gasteiger partial charge in [0.15, 0.2) is 0 Å². The monoisotopic (exact) mass is 769 g/mol. The second-order valence-corrected chi connectivity index (χ2v) is 17.8. The first kappa shape index (κ1) is 38.3. The average molecular weight is 770 g/mol. The van der Waals surface area contributed by atoms with Gasteiger partial charge >= 0.3 is 0 Å². The van der Waals surface area contributed by atoms with E-state index in [4.69, 9.17) is 35.3 Å². The molecule has 1 saturated heterocycles. The fraction of sp³-hybridized carbons (Fsp3) is 0.600. The minimum absolute atomic E-state index is 0.0737. The zero-order valence-corrected chi connectivity index (χ0v) is 32.3. The molecule has 2 aromatic rings. The van der Waals surface area contributed by atoms with E-state index >= 15 is 0 Å². The molecule has 1 saturated carbocycles. The van der Waals surface area contributed by atoms with Gasteiger partial charge in [-0.25, -0.2) is 4.21 Å². The maximum absolute atomic E-state index is 14.6. The molecular formula is C40H52ClN3O8S.